The van der Waals surface area contributed by atoms with E-state index >= 15 is 0 Å². The zero-order chi connectivity index (χ0) is 95.3. The molecular weight excluding hydrogens is 1710 g/mol. The minimum atomic E-state index is -0.390. The summed E-state index contributed by atoms with van der Waals surface area (Å²) in [5, 5.41) is 58.9. The van der Waals surface area contributed by atoms with Crippen molar-refractivity contribution in [2.45, 2.75) is 248 Å². The second-order valence-electron chi connectivity index (χ2n) is 41.1. The van der Waals surface area contributed by atoms with Gasteiger partial charge in [0.1, 0.15) is 110 Å². The number of ketones is 1. The normalized spacial score (nSPS) is 27.2. The van der Waals surface area contributed by atoms with Gasteiger partial charge in [0.15, 0.2) is 5.78 Å². The maximum atomic E-state index is 11.5. The SMILES string of the molecule is CC(=O)c1ccc([C@H]2Oc3ccc(O)cc3[C@H]3CCC[C@H]32)cc1.CC(C)[C@]1(c2ccc(O)cc2)Oc2ccc(O)cc2[C@@H]2CCC[C@@H]21.CC[C@]1(c2ccc(C)cc2)Oc2ccc(O)cc2[C@@H]2CCC[C@@H]21.COc1ccc([C@H]2Oc3ccc(O)cc3[C@H]3CCC[C@H]32)cc1.Cc1ccc([C@@]2(C)Oc3ccc(O)cc3[C@@H]3CCC[C@@H]32)cc1.Cc1ccc([C@H]2Oc3ccc(C(N)=O)cc3[C@H]3CCC[C@H]32)cc1. The Kier molecular flexibility index (Phi) is 26.5. The largest absolute Gasteiger partial charge is 0.508 e. The molecule has 24 rings (SSSR count). The molecule has 12 aliphatic rings. The molecule has 6 saturated carbocycles. The lowest BCUT2D eigenvalue weighted by atomic mass is 9.66. The number of fused-ring (bicyclic) bond motifs is 18. The number of carbonyl (C=O) groups is 2. The van der Waals surface area contributed by atoms with E-state index in [1.807, 2.05) is 121 Å². The Hall–Kier alpha value is -12.8. The van der Waals surface area contributed by atoms with Gasteiger partial charge in [-0.05, 0) is 332 Å². The van der Waals surface area contributed by atoms with Crippen LogP contribution in [0.1, 0.15) is 315 Å². The maximum absolute atomic E-state index is 11.5. The number of methoxy groups -OCH3 is 1. The van der Waals surface area contributed by atoms with Crippen LogP contribution in [0.25, 0.3) is 0 Å². The molecule has 0 bridgehead atoms. The zero-order valence-electron chi connectivity index (χ0n) is 80.4. The number of phenols is 6. The Morgan fingerprint density at radius 1 is 0.358 bits per heavy atom. The van der Waals surface area contributed by atoms with Crippen LogP contribution in [0.15, 0.2) is 255 Å². The summed E-state index contributed by atoms with van der Waals surface area (Å²) < 4.78 is 44.0. The Morgan fingerprint density at radius 2 is 0.686 bits per heavy atom. The lowest BCUT2D eigenvalue weighted by Gasteiger charge is -2.49. The summed E-state index contributed by atoms with van der Waals surface area (Å²) in [4.78, 5) is 22.9. The molecule has 0 radical (unpaired) electrons. The fraction of sp³-hybridized carbons (Fsp3) is 0.388. The number of aryl methyl sites for hydroxylation is 3. The van der Waals surface area contributed by atoms with Crippen molar-refractivity contribution < 1.29 is 73.4 Å². The van der Waals surface area contributed by atoms with Gasteiger partial charge in [-0.15, -0.1) is 0 Å². The molecule has 137 heavy (non-hydrogen) atoms. The minimum Gasteiger partial charge on any atom is -0.508 e. The van der Waals surface area contributed by atoms with Crippen LogP contribution in [0.4, 0.5) is 0 Å². The molecule has 1 amide bonds. The van der Waals surface area contributed by atoms with E-state index in [1.54, 1.807) is 62.6 Å². The van der Waals surface area contributed by atoms with Gasteiger partial charge in [-0.2, -0.15) is 0 Å². The number of carbonyl (C=O) groups excluding carboxylic acids is 2. The molecule has 6 aliphatic heterocycles. The summed E-state index contributed by atoms with van der Waals surface area (Å²) in [5.74, 6) is 13.8. The molecule has 6 fully saturated rings. The molecule has 18 atom stereocenters. The van der Waals surface area contributed by atoms with Gasteiger partial charge >= 0.3 is 0 Å². The number of amides is 1. The predicted molar refractivity (Wildman–Crippen MR) is 535 cm³/mol. The highest BCUT2D eigenvalue weighted by atomic mass is 16.5. The van der Waals surface area contributed by atoms with Crippen LogP contribution in [0.5, 0.6) is 74.7 Å². The second kappa shape index (κ2) is 39.0. The lowest BCUT2D eigenvalue weighted by molar-refractivity contribution is -0.0586. The van der Waals surface area contributed by atoms with E-state index in [0.29, 0.717) is 111 Å². The summed E-state index contributed by atoms with van der Waals surface area (Å²) in [5.41, 5.74) is 23.9. The average Bonchev–Trinajstić information content (AvgIpc) is 1.65. The van der Waals surface area contributed by atoms with Gasteiger partial charge in [0.25, 0.3) is 0 Å². The molecule has 16 heteroatoms. The van der Waals surface area contributed by atoms with Crippen LogP contribution in [0.3, 0.4) is 0 Å². The van der Waals surface area contributed by atoms with Crippen LogP contribution < -0.4 is 38.9 Å². The number of hydrogen-bond donors (Lipinski definition) is 7. The van der Waals surface area contributed by atoms with Gasteiger partial charge in [0.05, 0.1) is 7.11 Å². The van der Waals surface area contributed by atoms with Gasteiger partial charge < -0.3 is 69.5 Å². The smallest absolute Gasteiger partial charge is 0.248 e. The van der Waals surface area contributed by atoms with E-state index in [0.717, 1.165) is 112 Å². The first-order chi connectivity index (χ1) is 66.3. The van der Waals surface area contributed by atoms with Gasteiger partial charge in [-0.25, -0.2) is 0 Å². The summed E-state index contributed by atoms with van der Waals surface area (Å²) >= 11 is 0. The first kappa shape index (κ1) is 93.2. The Bertz CT molecular complexity index is 6330. The van der Waals surface area contributed by atoms with Crippen LogP contribution in [0.2, 0.25) is 0 Å². The number of phenolic OH excluding ortho intramolecular Hbond substituents is 6. The van der Waals surface area contributed by atoms with Crippen LogP contribution in [0, 0.1) is 62.2 Å². The van der Waals surface area contributed by atoms with Crippen molar-refractivity contribution in [3.63, 3.8) is 0 Å². The van der Waals surface area contributed by atoms with Crippen molar-refractivity contribution >= 4 is 11.7 Å². The highest BCUT2D eigenvalue weighted by molar-refractivity contribution is 5.94. The summed E-state index contributed by atoms with van der Waals surface area (Å²) in [6.45, 7) is 16.8. The van der Waals surface area contributed by atoms with Crippen LogP contribution in [-0.4, -0.2) is 49.4 Å². The molecule has 710 valence electrons. The van der Waals surface area contributed by atoms with Crippen molar-refractivity contribution in [2.24, 2.45) is 47.2 Å². The quantitative estimate of drug-likeness (QED) is 0.0595. The van der Waals surface area contributed by atoms with Crippen molar-refractivity contribution in [1.29, 1.82) is 0 Å². The summed E-state index contributed by atoms with van der Waals surface area (Å²) in [6, 6.07) is 82.8. The molecule has 0 unspecified atom stereocenters. The fourth-order valence-corrected chi connectivity index (χ4v) is 26.2. The number of ether oxygens (including phenoxy) is 7. The number of nitrogens with two attached hydrogens (primary N) is 1. The van der Waals surface area contributed by atoms with E-state index in [1.165, 1.54) is 139 Å². The second-order valence-corrected chi connectivity index (χ2v) is 41.1. The predicted octanol–water partition coefficient (Wildman–Crippen LogP) is 28.2. The Labute approximate surface area is 806 Å². The molecule has 6 aliphatic carbocycles. The first-order valence-corrected chi connectivity index (χ1v) is 50.2. The number of aromatic hydroxyl groups is 6. The van der Waals surface area contributed by atoms with Crippen molar-refractivity contribution in [1.82, 2.24) is 0 Å². The Morgan fingerprint density at radius 3 is 1.12 bits per heavy atom. The number of hydrogen-bond acceptors (Lipinski definition) is 15. The molecule has 0 spiro atoms. The van der Waals surface area contributed by atoms with E-state index in [2.05, 4.69) is 133 Å². The fourth-order valence-electron chi connectivity index (χ4n) is 26.2. The standard InChI is InChI=1S/C21H24O3.C21H24O2.C20H21NO2.C20H20O3.C20H22O2.C19H20O3/c1-13(2)21(14-6-8-15(22)9-7-14)19-5-3-4-17(19)18-12-16(23)10-11-20(18)24-21;1-3-21(15-9-7-14(2)8-10-15)19-6-4-5-17(19)18-13-16(22)11-12-20(18)23-21;1-12-5-7-13(8-6-12)19-16-4-2-3-15(16)17-11-14(20(21)22)9-10-18(17)23-19;1-12(21)13-5-7-14(8-6-13)20-17-4-2-3-16(17)18-11-15(22)9-10-19(18)23-20;1-13-6-8-14(9-7-13)20(2)18-5-3-4-16(18)17-12-15(21)10-11-19(17)22-20;1-21-14-8-5-12(6-9-14)19-16-4-2-3-15(16)17-11-13(20)7-10-18(17)22-19/h6-13,17,19,22-23H,3-5H2,1-2H3;7-13,17,19,22H,3-6H2,1-2H3;5-11,15-16,19H,2-4H2,1H3,(H2,21,22);5-11,16-17,20,22H,2-4H2,1H3;6-12,16,18,21H,3-5H2,1-2H3;5-11,15-16,19-20H,2-4H2,1H3/t2*17-,19-,21+;15-,16+,19+;16-,17+,20+;16-,18-,20+;15-,16+,19+/m000000/s1. The zero-order valence-corrected chi connectivity index (χ0v) is 80.4. The highest BCUT2D eigenvalue weighted by Gasteiger charge is 2.57. The van der Waals surface area contributed by atoms with Crippen LogP contribution >= 0.6 is 0 Å². The highest BCUT2D eigenvalue weighted by Crippen LogP contribution is 2.64. The van der Waals surface area contributed by atoms with Crippen LogP contribution in [-0.2, 0) is 16.8 Å². The molecule has 0 aromatic heterocycles. The molecule has 12 aromatic rings. The number of primary amides is 1. The summed E-state index contributed by atoms with van der Waals surface area (Å²) in [6.07, 6.45) is 22.5. The van der Waals surface area contributed by atoms with E-state index < -0.39 is 5.60 Å². The number of rotatable bonds is 11. The molecule has 16 nitrogen and oxygen atoms in total. The van der Waals surface area contributed by atoms with Gasteiger partial charge in [-0.3, -0.25) is 9.59 Å². The molecular formula is C121H131NO15. The topological polar surface area (TPSA) is 246 Å². The Balaban J connectivity index is 0.000000105. The van der Waals surface area contributed by atoms with Gasteiger partial charge in [0, 0.05) is 74.5 Å². The van der Waals surface area contributed by atoms with Crippen molar-refractivity contribution in [3.05, 3.63) is 349 Å². The molecule has 6 heterocycles. The first-order valence-electron chi connectivity index (χ1n) is 50.2. The minimum absolute atomic E-state index is 0.0283. The molecule has 12 aromatic carbocycles. The third-order valence-electron chi connectivity index (χ3n) is 33.0. The van der Waals surface area contributed by atoms with Gasteiger partial charge in [-0.1, -0.05) is 197 Å². The average molecular weight is 1840 g/mol. The lowest BCUT2D eigenvalue weighted by Crippen LogP contribution is -2.49. The molecule has 0 saturated heterocycles. The van der Waals surface area contributed by atoms with Crippen molar-refractivity contribution in [2.75, 3.05) is 7.11 Å². The molecule has 8 N–H and O–H groups in total. The summed E-state index contributed by atoms with van der Waals surface area (Å²) in [7, 11) is 1.68. The number of Topliss-reactive ketones (excluding diaryl/α,β-unsaturated/α-hetero) is 1. The van der Waals surface area contributed by atoms with E-state index in [-0.39, 0.29) is 47.0 Å². The number of benzene rings is 12. The maximum Gasteiger partial charge on any atom is 0.248 e. The third kappa shape index (κ3) is 18.2. The third-order valence-corrected chi connectivity index (χ3v) is 33.0. The van der Waals surface area contributed by atoms with Gasteiger partial charge in [0.2, 0.25) is 5.91 Å². The monoisotopic (exact) mass is 1840 g/mol. The van der Waals surface area contributed by atoms with E-state index in [4.69, 9.17) is 38.9 Å². The van der Waals surface area contributed by atoms with Crippen molar-refractivity contribution in [3.8, 4) is 74.7 Å². The van der Waals surface area contributed by atoms with E-state index in [9.17, 15) is 40.2 Å².